The Kier molecular flexibility index (Phi) is 4.89. The van der Waals surface area contributed by atoms with E-state index in [4.69, 9.17) is 9.72 Å². The Bertz CT molecular complexity index is 1520. The van der Waals surface area contributed by atoms with Gasteiger partial charge in [-0.1, -0.05) is 12.1 Å². The van der Waals surface area contributed by atoms with Crippen molar-refractivity contribution < 1.29 is 4.74 Å². The molecule has 5 aromatic heterocycles. The lowest BCUT2D eigenvalue weighted by Crippen LogP contribution is -2.25. The number of pyridine rings is 3. The zero-order valence-corrected chi connectivity index (χ0v) is 18.1. The fraction of sp³-hybridized carbons (Fsp3) is 0.208. The van der Waals surface area contributed by atoms with E-state index in [1.807, 2.05) is 61.0 Å². The molecular formula is C24H22N6O2. The standard InChI is InChI=1S/C24H22N6O2/c1-15-6-4-7-16(26-15)12-17-10-11-19-20-13-25-30(14-18-8-5-9-21(27-18)32-3)24(31)22(20)29(2)23(19)28-17/h4-11,13H,12,14H2,1-3H3. The number of rotatable bonds is 5. The maximum Gasteiger partial charge on any atom is 0.291 e. The summed E-state index contributed by atoms with van der Waals surface area (Å²) in [6.07, 6.45) is 2.35. The lowest BCUT2D eigenvalue weighted by molar-refractivity contribution is 0.395. The number of methoxy groups -OCH3 is 1. The Morgan fingerprint density at radius 3 is 2.50 bits per heavy atom. The van der Waals surface area contributed by atoms with Crippen molar-refractivity contribution in [2.75, 3.05) is 7.11 Å². The van der Waals surface area contributed by atoms with Crippen LogP contribution in [0.25, 0.3) is 21.9 Å². The van der Waals surface area contributed by atoms with Crippen LogP contribution in [0.4, 0.5) is 0 Å². The summed E-state index contributed by atoms with van der Waals surface area (Å²) < 4.78 is 8.44. The highest BCUT2D eigenvalue weighted by Gasteiger charge is 2.16. The van der Waals surface area contributed by atoms with Crippen LogP contribution < -0.4 is 10.3 Å². The summed E-state index contributed by atoms with van der Waals surface area (Å²) >= 11 is 0. The monoisotopic (exact) mass is 426 g/mol. The van der Waals surface area contributed by atoms with Gasteiger partial charge in [-0.15, -0.1) is 0 Å². The number of aromatic nitrogens is 6. The Morgan fingerprint density at radius 1 is 0.906 bits per heavy atom. The van der Waals surface area contributed by atoms with Crippen LogP contribution in [0, 0.1) is 6.92 Å². The summed E-state index contributed by atoms with van der Waals surface area (Å²) in [4.78, 5) is 27.1. The average molecular weight is 426 g/mol. The number of nitrogens with zero attached hydrogens (tertiary/aromatic N) is 6. The van der Waals surface area contributed by atoms with Crippen LogP contribution in [0.1, 0.15) is 22.8 Å². The van der Waals surface area contributed by atoms with E-state index in [-0.39, 0.29) is 12.1 Å². The van der Waals surface area contributed by atoms with Crippen LogP contribution in [-0.4, -0.2) is 36.4 Å². The second kappa shape index (κ2) is 7.88. The van der Waals surface area contributed by atoms with E-state index in [1.165, 1.54) is 4.68 Å². The van der Waals surface area contributed by atoms with Crippen molar-refractivity contribution in [3.05, 3.63) is 87.9 Å². The molecule has 5 heterocycles. The first-order valence-electron chi connectivity index (χ1n) is 10.3. The van der Waals surface area contributed by atoms with Gasteiger partial charge in [0.15, 0.2) is 0 Å². The Morgan fingerprint density at radius 2 is 1.69 bits per heavy atom. The van der Waals surface area contributed by atoms with Crippen molar-refractivity contribution in [2.45, 2.75) is 19.9 Å². The number of ether oxygens (including phenoxy) is 1. The molecule has 32 heavy (non-hydrogen) atoms. The molecule has 0 aliphatic heterocycles. The van der Waals surface area contributed by atoms with E-state index < -0.39 is 0 Å². The molecule has 5 rings (SSSR count). The molecule has 0 unspecified atom stereocenters. The van der Waals surface area contributed by atoms with Gasteiger partial charge >= 0.3 is 0 Å². The molecular weight excluding hydrogens is 404 g/mol. The minimum absolute atomic E-state index is 0.186. The Balaban J connectivity index is 1.56. The number of hydrogen-bond acceptors (Lipinski definition) is 6. The zero-order valence-electron chi connectivity index (χ0n) is 18.1. The highest BCUT2D eigenvalue weighted by Crippen LogP contribution is 2.25. The Labute approximate surface area is 184 Å². The molecule has 0 bridgehead atoms. The molecule has 0 atom stereocenters. The predicted octanol–water partition coefficient (Wildman–Crippen LogP) is 3.03. The lowest BCUT2D eigenvalue weighted by Gasteiger charge is -2.06. The molecule has 0 spiro atoms. The largest absolute Gasteiger partial charge is 0.481 e. The lowest BCUT2D eigenvalue weighted by atomic mass is 10.1. The molecule has 0 saturated heterocycles. The van der Waals surface area contributed by atoms with Crippen LogP contribution in [0.5, 0.6) is 5.88 Å². The normalized spacial score (nSPS) is 11.3. The first-order chi connectivity index (χ1) is 15.5. The van der Waals surface area contributed by atoms with E-state index >= 15 is 0 Å². The van der Waals surface area contributed by atoms with Crippen molar-refractivity contribution in [3.63, 3.8) is 0 Å². The van der Waals surface area contributed by atoms with Gasteiger partial charge in [0.1, 0.15) is 11.2 Å². The summed E-state index contributed by atoms with van der Waals surface area (Å²) in [5.74, 6) is 0.501. The van der Waals surface area contributed by atoms with Crippen LogP contribution in [0.3, 0.4) is 0 Å². The zero-order chi connectivity index (χ0) is 22.2. The fourth-order valence-corrected chi connectivity index (χ4v) is 3.97. The Hall–Kier alpha value is -4.07. The molecule has 0 fully saturated rings. The van der Waals surface area contributed by atoms with Crippen molar-refractivity contribution in [2.24, 2.45) is 7.05 Å². The van der Waals surface area contributed by atoms with E-state index in [9.17, 15) is 4.79 Å². The third-order valence-electron chi connectivity index (χ3n) is 5.50. The summed E-state index contributed by atoms with van der Waals surface area (Å²) in [5.41, 5.74) is 4.67. The molecule has 0 aromatic carbocycles. The van der Waals surface area contributed by atoms with Gasteiger partial charge < -0.3 is 9.30 Å². The second-order valence-electron chi connectivity index (χ2n) is 7.72. The minimum Gasteiger partial charge on any atom is -0.481 e. The third kappa shape index (κ3) is 3.49. The van der Waals surface area contributed by atoms with Gasteiger partial charge in [-0.05, 0) is 37.3 Å². The number of hydrogen-bond donors (Lipinski definition) is 0. The van der Waals surface area contributed by atoms with Crippen molar-refractivity contribution >= 4 is 21.9 Å². The molecule has 0 amide bonds. The molecule has 0 radical (unpaired) electrons. The molecule has 8 nitrogen and oxygen atoms in total. The quantitative estimate of drug-likeness (QED) is 0.429. The molecule has 5 aromatic rings. The van der Waals surface area contributed by atoms with Gasteiger partial charge in [0.25, 0.3) is 5.56 Å². The molecule has 0 aliphatic carbocycles. The minimum atomic E-state index is -0.186. The number of aryl methyl sites for hydroxylation is 2. The average Bonchev–Trinajstić information content (AvgIpc) is 3.08. The van der Waals surface area contributed by atoms with Crippen molar-refractivity contribution in [1.82, 2.24) is 29.3 Å². The first kappa shape index (κ1) is 19.9. The molecule has 160 valence electrons. The summed E-state index contributed by atoms with van der Waals surface area (Å²) in [5, 5.41) is 6.08. The highest BCUT2D eigenvalue weighted by molar-refractivity contribution is 6.05. The fourth-order valence-electron chi connectivity index (χ4n) is 3.97. The summed E-state index contributed by atoms with van der Waals surface area (Å²) in [7, 11) is 3.43. The van der Waals surface area contributed by atoms with Crippen LogP contribution in [0.15, 0.2) is 59.5 Å². The highest BCUT2D eigenvalue weighted by atomic mass is 16.5. The van der Waals surface area contributed by atoms with E-state index in [0.717, 1.165) is 33.5 Å². The van der Waals surface area contributed by atoms with Gasteiger partial charge in [-0.25, -0.2) is 14.6 Å². The second-order valence-corrected chi connectivity index (χ2v) is 7.72. The van der Waals surface area contributed by atoms with Crippen molar-refractivity contribution in [1.29, 1.82) is 0 Å². The van der Waals surface area contributed by atoms with Gasteiger partial charge in [0, 0.05) is 47.4 Å². The maximum absolute atomic E-state index is 13.3. The SMILES string of the molecule is COc1cccc(Cn2ncc3c4ccc(Cc5cccc(C)n5)nc4n(C)c3c2=O)n1. The molecule has 8 heteroatoms. The number of fused-ring (bicyclic) bond motifs is 3. The van der Waals surface area contributed by atoms with Gasteiger partial charge in [-0.2, -0.15) is 5.10 Å². The van der Waals surface area contributed by atoms with Gasteiger partial charge in [0.2, 0.25) is 5.88 Å². The van der Waals surface area contributed by atoms with Gasteiger partial charge in [-0.3, -0.25) is 9.78 Å². The molecule has 0 N–H and O–H groups in total. The maximum atomic E-state index is 13.3. The van der Waals surface area contributed by atoms with Crippen LogP contribution >= 0.6 is 0 Å². The van der Waals surface area contributed by atoms with Gasteiger partial charge in [0.05, 0.1) is 25.5 Å². The smallest absolute Gasteiger partial charge is 0.291 e. The predicted molar refractivity (Wildman–Crippen MR) is 122 cm³/mol. The summed E-state index contributed by atoms with van der Waals surface area (Å²) in [6, 6.07) is 15.4. The van der Waals surface area contributed by atoms with E-state index in [2.05, 4.69) is 15.1 Å². The molecule has 0 aliphatic rings. The summed E-state index contributed by atoms with van der Waals surface area (Å²) in [6.45, 7) is 2.23. The first-order valence-corrected chi connectivity index (χ1v) is 10.3. The van der Waals surface area contributed by atoms with E-state index in [1.54, 1.807) is 19.4 Å². The third-order valence-corrected chi connectivity index (χ3v) is 5.50. The van der Waals surface area contributed by atoms with Crippen LogP contribution in [-0.2, 0) is 20.0 Å². The van der Waals surface area contributed by atoms with E-state index in [0.29, 0.717) is 23.5 Å². The molecule has 0 saturated carbocycles. The van der Waals surface area contributed by atoms with Crippen LogP contribution in [0.2, 0.25) is 0 Å². The van der Waals surface area contributed by atoms with Crippen molar-refractivity contribution in [3.8, 4) is 5.88 Å². The topological polar surface area (TPSA) is 87.7 Å².